The summed E-state index contributed by atoms with van der Waals surface area (Å²) >= 11 is 5.91. The van der Waals surface area contributed by atoms with Crippen LogP contribution in [0.3, 0.4) is 0 Å². The van der Waals surface area contributed by atoms with Crippen LogP contribution in [0, 0.1) is 6.92 Å². The van der Waals surface area contributed by atoms with Gasteiger partial charge >= 0.3 is 0 Å². The Morgan fingerprint density at radius 2 is 1.68 bits per heavy atom. The van der Waals surface area contributed by atoms with Crippen LogP contribution in [-0.2, 0) is 21.2 Å². The summed E-state index contributed by atoms with van der Waals surface area (Å²) < 4.78 is 27.8. The van der Waals surface area contributed by atoms with Gasteiger partial charge in [0, 0.05) is 11.6 Å². The standard InChI is InChI=1S/C24H25ClN2O3S/c1-19-7-5-11-22(17-19)27(31(29,30)23-14-12-21(25)13-15-23)18-24(28)26-16-6-10-20-8-3-2-4-9-20/h2-5,7-9,11-15,17H,6,10,16,18H2,1H3,(H,26,28). The molecule has 7 heteroatoms. The molecule has 0 bridgehead atoms. The van der Waals surface area contributed by atoms with Crippen molar-refractivity contribution < 1.29 is 13.2 Å². The van der Waals surface area contributed by atoms with Crippen LogP contribution in [0.4, 0.5) is 5.69 Å². The van der Waals surface area contributed by atoms with Crippen LogP contribution in [0.2, 0.25) is 5.02 Å². The number of nitrogens with one attached hydrogen (secondary N) is 1. The molecular weight excluding hydrogens is 432 g/mol. The maximum Gasteiger partial charge on any atom is 0.264 e. The second kappa shape index (κ2) is 10.5. The van der Waals surface area contributed by atoms with Crippen LogP contribution >= 0.6 is 11.6 Å². The zero-order valence-electron chi connectivity index (χ0n) is 17.3. The number of nitrogens with zero attached hydrogens (tertiary/aromatic N) is 1. The number of anilines is 1. The monoisotopic (exact) mass is 456 g/mol. The van der Waals surface area contributed by atoms with E-state index in [1.165, 1.54) is 29.8 Å². The molecule has 0 fully saturated rings. The average Bonchev–Trinajstić information content (AvgIpc) is 2.76. The average molecular weight is 457 g/mol. The molecule has 3 aromatic carbocycles. The molecule has 3 aromatic rings. The number of aryl methyl sites for hydroxylation is 2. The highest BCUT2D eigenvalue weighted by molar-refractivity contribution is 7.92. The Hall–Kier alpha value is -2.83. The third kappa shape index (κ3) is 6.32. The van der Waals surface area contributed by atoms with Gasteiger partial charge in [0.05, 0.1) is 10.6 Å². The Kier molecular flexibility index (Phi) is 7.71. The first kappa shape index (κ1) is 22.8. The van der Waals surface area contributed by atoms with E-state index in [1.54, 1.807) is 18.2 Å². The Labute approximate surface area is 188 Å². The second-order valence-corrected chi connectivity index (χ2v) is 9.54. The van der Waals surface area contributed by atoms with Gasteiger partial charge in [0.2, 0.25) is 5.91 Å². The van der Waals surface area contributed by atoms with Crippen molar-refractivity contribution in [3.8, 4) is 0 Å². The number of rotatable bonds is 9. The van der Waals surface area contributed by atoms with Gasteiger partial charge in [-0.1, -0.05) is 54.1 Å². The minimum absolute atomic E-state index is 0.0790. The number of amides is 1. The van der Waals surface area contributed by atoms with Crippen LogP contribution in [0.25, 0.3) is 0 Å². The van der Waals surface area contributed by atoms with Crippen molar-refractivity contribution in [1.29, 1.82) is 0 Å². The minimum atomic E-state index is -3.94. The molecule has 0 radical (unpaired) electrons. The van der Waals surface area contributed by atoms with Gasteiger partial charge in [-0.25, -0.2) is 8.42 Å². The molecule has 0 spiro atoms. The van der Waals surface area contributed by atoms with Crippen molar-refractivity contribution >= 4 is 33.2 Å². The van der Waals surface area contributed by atoms with Crippen LogP contribution in [0.1, 0.15) is 17.5 Å². The van der Waals surface area contributed by atoms with Crippen molar-refractivity contribution in [2.45, 2.75) is 24.7 Å². The Morgan fingerprint density at radius 3 is 2.35 bits per heavy atom. The molecule has 0 atom stereocenters. The minimum Gasteiger partial charge on any atom is -0.355 e. The summed E-state index contributed by atoms with van der Waals surface area (Å²) in [6.45, 7) is 2.04. The van der Waals surface area contributed by atoms with Gasteiger partial charge in [-0.2, -0.15) is 0 Å². The number of benzene rings is 3. The predicted octanol–water partition coefficient (Wildman–Crippen LogP) is 4.59. The first-order valence-corrected chi connectivity index (χ1v) is 11.8. The smallest absolute Gasteiger partial charge is 0.264 e. The van der Waals surface area contributed by atoms with Crippen molar-refractivity contribution in [2.75, 3.05) is 17.4 Å². The van der Waals surface area contributed by atoms with E-state index in [9.17, 15) is 13.2 Å². The van der Waals surface area contributed by atoms with Gasteiger partial charge < -0.3 is 5.32 Å². The molecule has 0 aliphatic rings. The highest BCUT2D eigenvalue weighted by Crippen LogP contribution is 2.25. The molecule has 0 saturated carbocycles. The van der Waals surface area contributed by atoms with Gasteiger partial charge in [0.25, 0.3) is 10.0 Å². The van der Waals surface area contributed by atoms with Gasteiger partial charge in [-0.3, -0.25) is 9.10 Å². The zero-order valence-corrected chi connectivity index (χ0v) is 18.9. The van der Waals surface area contributed by atoms with Crippen molar-refractivity contribution in [2.24, 2.45) is 0 Å². The Morgan fingerprint density at radius 1 is 0.968 bits per heavy atom. The van der Waals surface area contributed by atoms with Crippen LogP contribution < -0.4 is 9.62 Å². The predicted molar refractivity (Wildman–Crippen MR) is 125 cm³/mol. The fourth-order valence-corrected chi connectivity index (χ4v) is 4.72. The lowest BCUT2D eigenvalue weighted by molar-refractivity contribution is -0.119. The molecule has 162 valence electrons. The maximum absolute atomic E-state index is 13.3. The van der Waals surface area contributed by atoms with Crippen LogP contribution in [0.15, 0.2) is 83.8 Å². The maximum atomic E-state index is 13.3. The quantitative estimate of drug-likeness (QED) is 0.479. The molecule has 31 heavy (non-hydrogen) atoms. The summed E-state index contributed by atoms with van der Waals surface area (Å²) in [6, 6.07) is 23.0. The third-order valence-electron chi connectivity index (χ3n) is 4.79. The number of sulfonamides is 1. The normalized spacial score (nSPS) is 11.2. The van der Waals surface area contributed by atoms with Crippen molar-refractivity contribution in [1.82, 2.24) is 5.32 Å². The number of carbonyl (C=O) groups excluding carboxylic acids is 1. The SMILES string of the molecule is Cc1cccc(N(CC(=O)NCCCc2ccccc2)S(=O)(=O)c2ccc(Cl)cc2)c1. The largest absolute Gasteiger partial charge is 0.355 e. The van der Waals surface area contributed by atoms with E-state index < -0.39 is 10.0 Å². The van der Waals surface area contributed by atoms with E-state index in [4.69, 9.17) is 11.6 Å². The summed E-state index contributed by atoms with van der Waals surface area (Å²) in [4.78, 5) is 12.7. The second-order valence-electron chi connectivity index (χ2n) is 7.24. The van der Waals surface area contributed by atoms with Crippen LogP contribution in [0.5, 0.6) is 0 Å². The summed E-state index contributed by atoms with van der Waals surface area (Å²) in [7, 11) is -3.94. The lowest BCUT2D eigenvalue weighted by atomic mass is 10.1. The van der Waals surface area contributed by atoms with Gasteiger partial charge in [0.1, 0.15) is 6.54 Å². The highest BCUT2D eigenvalue weighted by Gasteiger charge is 2.27. The summed E-state index contributed by atoms with van der Waals surface area (Å²) in [5.74, 6) is -0.355. The fourth-order valence-electron chi connectivity index (χ4n) is 3.18. The molecule has 0 heterocycles. The number of hydrogen-bond donors (Lipinski definition) is 1. The lowest BCUT2D eigenvalue weighted by Crippen LogP contribution is -2.41. The molecule has 1 amide bonds. The van der Waals surface area contributed by atoms with E-state index in [1.807, 2.05) is 43.3 Å². The first-order valence-electron chi connectivity index (χ1n) is 10.0. The van der Waals surface area contributed by atoms with Crippen molar-refractivity contribution in [3.05, 3.63) is 95.0 Å². The number of hydrogen-bond acceptors (Lipinski definition) is 3. The molecule has 3 rings (SSSR count). The van der Waals surface area contributed by atoms with Gasteiger partial charge in [0.15, 0.2) is 0 Å². The third-order valence-corrected chi connectivity index (χ3v) is 6.83. The van der Waals surface area contributed by atoms with Gasteiger partial charge in [-0.05, 0) is 67.3 Å². The topological polar surface area (TPSA) is 66.5 Å². The molecule has 0 unspecified atom stereocenters. The van der Waals surface area contributed by atoms with Gasteiger partial charge in [-0.15, -0.1) is 0 Å². The first-order chi connectivity index (χ1) is 14.9. The summed E-state index contributed by atoms with van der Waals surface area (Å²) in [5, 5.41) is 3.28. The molecule has 0 saturated heterocycles. The molecule has 0 aliphatic carbocycles. The molecule has 0 aliphatic heterocycles. The molecule has 1 N–H and O–H groups in total. The van der Waals surface area contributed by atoms with Crippen LogP contribution in [-0.4, -0.2) is 27.4 Å². The van der Waals surface area contributed by atoms with E-state index in [2.05, 4.69) is 5.32 Å². The molecule has 5 nitrogen and oxygen atoms in total. The lowest BCUT2D eigenvalue weighted by Gasteiger charge is -2.24. The van der Waals surface area contributed by atoms with E-state index >= 15 is 0 Å². The summed E-state index contributed by atoms with van der Waals surface area (Å²) in [6.07, 6.45) is 1.61. The number of carbonyl (C=O) groups is 1. The Balaban J connectivity index is 1.72. The highest BCUT2D eigenvalue weighted by atomic mass is 35.5. The fraction of sp³-hybridized carbons (Fsp3) is 0.208. The van der Waals surface area contributed by atoms with E-state index in [-0.39, 0.29) is 17.3 Å². The van der Waals surface area contributed by atoms with E-state index in [0.717, 1.165) is 22.7 Å². The zero-order chi connectivity index (χ0) is 22.3. The Bertz CT molecular complexity index is 1120. The van der Waals surface area contributed by atoms with E-state index in [0.29, 0.717) is 17.3 Å². The summed E-state index contributed by atoms with van der Waals surface area (Å²) in [5.41, 5.74) is 2.54. The number of halogens is 1. The molecule has 0 aromatic heterocycles. The van der Waals surface area contributed by atoms with Crippen molar-refractivity contribution in [3.63, 3.8) is 0 Å². The molecular formula is C24H25ClN2O3S.